The summed E-state index contributed by atoms with van der Waals surface area (Å²) in [6.07, 6.45) is 4.27. The van der Waals surface area contributed by atoms with Crippen LogP contribution >= 0.6 is 24.0 Å². The van der Waals surface area contributed by atoms with Crippen LogP contribution in [0.3, 0.4) is 0 Å². The van der Waals surface area contributed by atoms with Crippen LogP contribution in [-0.2, 0) is 19.6 Å². The predicted molar refractivity (Wildman–Crippen MR) is 121 cm³/mol. The standard InChI is InChI=1S/C21H24N4O2.HI/c1-22-21(24-13-11-19-6-4-14-26-19)25-15-17-7-9-20(10-8-17)27-16-18-5-2-3-12-23-18;/h2-10,12,14H,11,13,15-16H2,1H3,(H2,22,24,25);1H. The highest BCUT2D eigenvalue weighted by Crippen LogP contribution is 2.13. The maximum atomic E-state index is 5.75. The molecule has 3 rings (SSSR count). The molecule has 28 heavy (non-hydrogen) atoms. The number of nitrogens with zero attached hydrogens (tertiary/aromatic N) is 2. The molecule has 0 spiro atoms. The molecule has 2 heterocycles. The van der Waals surface area contributed by atoms with Crippen LogP contribution in [0.2, 0.25) is 0 Å². The van der Waals surface area contributed by atoms with Crippen molar-refractivity contribution in [3.63, 3.8) is 0 Å². The quantitative estimate of drug-likeness (QED) is 0.285. The second kappa shape index (κ2) is 12.0. The summed E-state index contributed by atoms with van der Waals surface area (Å²) in [5.41, 5.74) is 2.06. The number of nitrogens with one attached hydrogen (secondary N) is 2. The van der Waals surface area contributed by atoms with Crippen molar-refractivity contribution in [2.45, 2.75) is 19.6 Å². The molecule has 0 bridgehead atoms. The summed E-state index contributed by atoms with van der Waals surface area (Å²) in [4.78, 5) is 8.48. The molecule has 7 heteroatoms. The molecule has 0 fully saturated rings. The maximum absolute atomic E-state index is 5.75. The Morgan fingerprint density at radius 3 is 2.61 bits per heavy atom. The third-order valence-corrected chi connectivity index (χ3v) is 3.96. The van der Waals surface area contributed by atoms with Crippen LogP contribution in [0.15, 0.2) is 76.5 Å². The number of furan rings is 1. The van der Waals surface area contributed by atoms with Gasteiger partial charge in [0.2, 0.25) is 0 Å². The summed E-state index contributed by atoms with van der Waals surface area (Å²) in [7, 11) is 1.76. The fourth-order valence-corrected chi connectivity index (χ4v) is 2.51. The van der Waals surface area contributed by atoms with Gasteiger partial charge in [-0.1, -0.05) is 18.2 Å². The Hall–Kier alpha value is -2.55. The Labute approximate surface area is 182 Å². The van der Waals surface area contributed by atoms with Gasteiger partial charge in [-0.25, -0.2) is 0 Å². The zero-order chi connectivity index (χ0) is 18.7. The number of aliphatic imine (C=N–C) groups is 1. The molecule has 1 aromatic carbocycles. The monoisotopic (exact) mass is 492 g/mol. The van der Waals surface area contributed by atoms with Gasteiger partial charge >= 0.3 is 0 Å². The van der Waals surface area contributed by atoms with E-state index in [2.05, 4.69) is 20.6 Å². The normalized spacial score (nSPS) is 10.8. The van der Waals surface area contributed by atoms with E-state index in [0.29, 0.717) is 13.2 Å². The maximum Gasteiger partial charge on any atom is 0.191 e. The van der Waals surface area contributed by atoms with Gasteiger partial charge in [-0.3, -0.25) is 9.98 Å². The number of ether oxygens (including phenoxy) is 1. The number of hydrogen-bond donors (Lipinski definition) is 2. The van der Waals surface area contributed by atoms with Gasteiger partial charge in [0.05, 0.1) is 12.0 Å². The molecule has 0 atom stereocenters. The molecule has 0 saturated carbocycles. The first-order valence-electron chi connectivity index (χ1n) is 8.92. The fourth-order valence-electron chi connectivity index (χ4n) is 2.51. The summed E-state index contributed by atoms with van der Waals surface area (Å²) >= 11 is 0. The van der Waals surface area contributed by atoms with E-state index in [4.69, 9.17) is 9.15 Å². The SMILES string of the molecule is CN=C(NCCc1ccco1)NCc1ccc(OCc2ccccn2)cc1.I. The third kappa shape index (κ3) is 7.22. The molecule has 0 aliphatic heterocycles. The summed E-state index contributed by atoms with van der Waals surface area (Å²) < 4.78 is 11.1. The minimum Gasteiger partial charge on any atom is -0.487 e. The number of rotatable bonds is 8. The average molecular weight is 492 g/mol. The number of guanidine groups is 1. The van der Waals surface area contributed by atoms with Crippen molar-refractivity contribution in [1.82, 2.24) is 15.6 Å². The summed E-state index contributed by atoms with van der Waals surface area (Å²) in [6.45, 7) is 1.90. The highest BCUT2D eigenvalue weighted by atomic mass is 127. The molecule has 0 unspecified atom stereocenters. The van der Waals surface area contributed by atoms with E-state index in [0.717, 1.165) is 41.7 Å². The molecule has 2 aromatic heterocycles. The Kier molecular flexibility index (Phi) is 9.33. The Morgan fingerprint density at radius 1 is 1.07 bits per heavy atom. The lowest BCUT2D eigenvalue weighted by atomic mass is 10.2. The Bertz CT molecular complexity index is 821. The number of hydrogen-bond acceptors (Lipinski definition) is 4. The van der Waals surface area contributed by atoms with E-state index < -0.39 is 0 Å². The minimum atomic E-state index is 0. The summed E-state index contributed by atoms with van der Waals surface area (Å²) in [6, 6.07) is 17.7. The zero-order valence-electron chi connectivity index (χ0n) is 15.8. The van der Waals surface area contributed by atoms with E-state index in [1.165, 1.54) is 0 Å². The van der Waals surface area contributed by atoms with E-state index in [9.17, 15) is 0 Å². The first-order chi connectivity index (χ1) is 13.3. The van der Waals surface area contributed by atoms with Crippen molar-refractivity contribution in [1.29, 1.82) is 0 Å². The van der Waals surface area contributed by atoms with Gasteiger partial charge in [-0.15, -0.1) is 24.0 Å². The fraction of sp³-hybridized carbons (Fsp3) is 0.238. The van der Waals surface area contributed by atoms with Gasteiger partial charge in [0.25, 0.3) is 0 Å². The summed E-state index contributed by atoms with van der Waals surface area (Å²) in [5.74, 6) is 2.54. The van der Waals surface area contributed by atoms with Crippen molar-refractivity contribution in [2.24, 2.45) is 4.99 Å². The molecule has 6 nitrogen and oxygen atoms in total. The largest absolute Gasteiger partial charge is 0.487 e. The lowest BCUT2D eigenvalue weighted by Gasteiger charge is -2.12. The highest BCUT2D eigenvalue weighted by Gasteiger charge is 2.01. The van der Waals surface area contributed by atoms with Crippen molar-refractivity contribution in [2.75, 3.05) is 13.6 Å². The predicted octanol–water partition coefficient (Wildman–Crippen LogP) is 3.78. The first-order valence-corrected chi connectivity index (χ1v) is 8.92. The molecule has 0 aliphatic rings. The van der Waals surface area contributed by atoms with Gasteiger partial charge in [-0.2, -0.15) is 0 Å². The van der Waals surface area contributed by atoms with Gasteiger partial charge < -0.3 is 19.8 Å². The van der Waals surface area contributed by atoms with E-state index in [1.54, 1.807) is 19.5 Å². The summed E-state index contributed by atoms with van der Waals surface area (Å²) in [5, 5.41) is 6.58. The van der Waals surface area contributed by atoms with Crippen LogP contribution in [0.4, 0.5) is 0 Å². The second-order valence-electron chi connectivity index (χ2n) is 5.94. The van der Waals surface area contributed by atoms with Crippen molar-refractivity contribution >= 4 is 29.9 Å². The number of benzene rings is 1. The Balaban J connectivity index is 0.00000280. The van der Waals surface area contributed by atoms with Crippen LogP contribution in [0.5, 0.6) is 5.75 Å². The van der Waals surface area contributed by atoms with Gasteiger partial charge in [-0.05, 0) is 42.0 Å². The van der Waals surface area contributed by atoms with Crippen LogP contribution in [-0.4, -0.2) is 24.5 Å². The lowest BCUT2D eigenvalue weighted by Crippen LogP contribution is -2.37. The average Bonchev–Trinajstić information content (AvgIpc) is 3.24. The van der Waals surface area contributed by atoms with E-state index in [1.807, 2.05) is 54.6 Å². The van der Waals surface area contributed by atoms with E-state index in [-0.39, 0.29) is 24.0 Å². The molecule has 0 radical (unpaired) electrons. The Morgan fingerprint density at radius 2 is 1.93 bits per heavy atom. The van der Waals surface area contributed by atoms with Crippen molar-refractivity contribution in [3.05, 3.63) is 84.1 Å². The third-order valence-electron chi connectivity index (χ3n) is 3.96. The first kappa shape index (κ1) is 21.7. The van der Waals surface area contributed by atoms with Gasteiger partial charge in [0, 0.05) is 32.8 Å². The minimum absolute atomic E-state index is 0. The van der Waals surface area contributed by atoms with Crippen LogP contribution in [0.1, 0.15) is 17.0 Å². The van der Waals surface area contributed by atoms with Gasteiger partial charge in [0.1, 0.15) is 18.1 Å². The van der Waals surface area contributed by atoms with E-state index >= 15 is 0 Å². The zero-order valence-corrected chi connectivity index (χ0v) is 18.1. The van der Waals surface area contributed by atoms with Crippen molar-refractivity contribution in [3.8, 4) is 5.75 Å². The smallest absolute Gasteiger partial charge is 0.191 e. The topological polar surface area (TPSA) is 71.7 Å². The molecule has 0 amide bonds. The highest BCUT2D eigenvalue weighted by molar-refractivity contribution is 14.0. The number of pyridine rings is 1. The van der Waals surface area contributed by atoms with Crippen LogP contribution in [0, 0.1) is 0 Å². The van der Waals surface area contributed by atoms with Crippen LogP contribution < -0.4 is 15.4 Å². The lowest BCUT2D eigenvalue weighted by molar-refractivity contribution is 0.301. The number of halogens is 1. The van der Waals surface area contributed by atoms with Crippen LogP contribution in [0.25, 0.3) is 0 Å². The molecule has 2 N–H and O–H groups in total. The van der Waals surface area contributed by atoms with Crippen molar-refractivity contribution < 1.29 is 9.15 Å². The molecule has 0 saturated heterocycles. The molecule has 0 aliphatic carbocycles. The number of aromatic nitrogens is 1. The van der Waals surface area contributed by atoms with Gasteiger partial charge in [0.15, 0.2) is 5.96 Å². The second-order valence-corrected chi connectivity index (χ2v) is 5.94. The molecular weight excluding hydrogens is 467 g/mol. The molecular formula is C21H25IN4O2. The molecule has 148 valence electrons. The molecule has 3 aromatic rings.